The zero-order valence-electron chi connectivity index (χ0n) is 11.3. The molecule has 2 atom stereocenters. The molecule has 1 saturated carbocycles. The lowest BCUT2D eigenvalue weighted by molar-refractivity contribution is 0.0946. The highest BCUT2D eigenvalue weighted by atomic mass is 79.9. The third-order valence-corrected chi connectivity index (χ3v) is 4.95. The van der Waals surface area contributed by atoms with Crippen molar-refractivity contribution >= 4 is 45.0 Å². The van der Waals surface area contributed by atoms with E-state index in [9.17, 15) is 4.79 Å². The Hall–Kier alpha value is -1.10. The number of piperidine rings is 1. The Balaban J connectivity index is 0.00000132. The van der Waals surface area contributed by atoms with Gasteiger partial charge in [0.2, 0.25) is 0 Å². The van der Waals surface area contributed by atoms with Gasteiger partial charge < -0.3 is 10.6 Å². The van der Waals surface area contributed by atoms with E-state index in [-0.39, 0.29) is 18.3 Å². The second-order valence-electron chi connectivity index (χ2n) is 5.69. The van der Waals surface area contributed by atoms with E-state index in [4.69, 9.17) is 0 Å². The minimum absolute atomic E-state index is 0. The molecule has 1 aliphatic carbocycles. The molecule has 2 fully saturated rings. The summed E-state index contributed by atoms with van der Waals surface area (Å²) < 4.78 is 1.06. The van der Waals surface area contributed by atoms with Crippen molar-refractivity contribution in [3.05, 3.63) is 46.4 Å². The molecule has 3 nitrogen and oxygen atoms in total. The molecule has 0 radical (unpaired) electrons. The van der Waals surface area contributed by atoms with E-state index in [0.717, 1.165) is 33.9 Å². The van der Waals surface area contributed by atoms with Crippen LogP contribution in [0.15, 0.2) is 40.9 Å². The van der Waals surface area contributed by atoms with Gasteiger partial charge in [0.05, 0.1) is 0 Å². The van der Waals surface area contributed by atoms with E-state index in [1.165, 1.54) is 0 Å². The Labute approximate surface area is 138 Å². The smallest absolute Gasteiger partial charge is 0.251 e. The first-order valence-electron chi connectivity index (χ1n) is 6.93. The van der Waals surface area contributed by atoms with Gasteiger partial charge in [0.15, 0.2) is 0 Å². The van der Waals surface area contributed by atoms with E-state index in [2.05, 4.69) is 32.6 Å². The van der Waals surface area contributed by atoms with Crippen LogP contribution in [0.2, 0.25) is 0 Å². The van der Waals surface area contributed by atoms with Crippen molar-refractivity contribution in [1.82, 2.24) is 10.6 Å². The number of halogens is 2. The first kappa shape index (κ1) is 14.8. The fourth-order valence-corrected chi connectivity index (χ4v) is 3.60. The van der Waals surface area contributed by atoms with Gasteiger partial charge >= 0.3 is 0 Å². The van der Waals surface area contributed by atoms with E-state index in [0.29, 0.717) is 17.9 Å². The number of carbonyl (C=O) groups excluding carboxylic acids is 1. The molecule has 0 bridgehead atoms. The van der Waals surface area contributed by atoms with Crippen molar-refractivity contribution in [2.24, 2.45) is 11.8 Å². The van der Waals surface area contributed by atoms with E-state index in [1.807, 2.05) is 30.3 Å². The Morgan fingerprint density at radius 2 is 1.76 bits per heavy atom. The van der Waals surface area contributed by atoms with Gasteiger partial charge in [-0.1, -0.05) is 28.1 Å². The van der Waals surface area contributed by atoms with Gasteiger partial charge in [0.1, 0.15) is 0 Å². The van der Waals surface area contributed by atoms with Crippen LogP contribution in [0.4, 0.5) is 0 Å². The van der Waals surface area contributed by atoms with Crippen molar-refractivity contribution in [2.45, 2.75) is 6.04 Å². The number of hydrogen-bond donors (Lipinski definition) is 2. The second kappa shape index (κ2) is 5.59. The normalized spacial score (nSPS) is 26.0. The maximum atomic E-state index is 12.3. The number of rotatable bonds is 2. The van der Waals surface area contributed by atoms with Crippen LogP contribution >= 0.6 is 28.3 Å². The van der Waals surface area contributed by atoms with Gasteiger partial charge in [-0.15, -0.1) is 12.4 Å². The summed E-state index contributed by atoms with van der Waals surface area (Å²) in [6, 6.07) is 12.4. The Morgan fingerprint density at radius 1 is 1.10 bits per heavy atom. The molecule has 110 valence electrons. The molecule has 21 heavy (non-hydrogen) atoms. The van der Waals surface area contributed by atoms with Crippen LogP contribution in [0, 0.1) is 11.8 Å². The van der Waals surface area contributed by atoms with Crippen molar-refractivity contribution in [2.75, 3.05) is 13.1 Å². The van der Waals surface area contributed by atoms with Crippen LogP contribution < -0.4 is 10.6 Å². The SMILES string of the molecule is Cl.O=C(NC1C2CNCC21)c1ccc2cc(Br)ccc2c1. The number of hydrogen-bond acceptors (Lipinski definition) is 2. The highest BCUT2D eigenvalue weighted by molar-refractivity contribution is 9.10. The first-order chi connectivity index (χ1) is 9.72. The van der Waals surface area contributed by atoms with Gasteiger partial charge in [-0.2, -0.15) is 0 Å². The molecule has 5 heteroatoms. The molecule has 4 rings (SSSR count). The van der Waals surface area contributed by atoms with Crippen molar-refractivity contribution in [3.8, 4) is 0 Å². The lowest BCUT2D eigenvalue weighted by Gasteiger charge is -2.08. The Bertz CT molecular complexity index is 696. The molecule has 1 heterocycles. The van der Waals surface area contributed by atoms with Crippen molar-refractivity contribution < 1.29 is 4.79 Å². The second-order valence-corrected chi connectivity index (χ2v) is 6.61. The average molecular weight is 368 g/mol. The molecule has 1 amide bonds. The molecular formula is C16H16BrClN2O. The highest BCUT2D eigenvalue weighted by Crippen LogP contribution is 2.41. The molecule has 2 aliphatic rings. The Morgan fingerprint density at radius 3 is 2.52 bits per heavy atom. The summed E-state index contributed by atoms with van der Waals surface area (Å²) >= 11 is 3.46. The quantitative estimate of drug-likeness (QED) is 0.857. The standard InChI is InChI=1S/C16H15BrN2O.ClH/c17-12-4-3-9-5-11(2-1-10(9)6-12)16(20)19-15-13-7-18-8-14(13)15;/h1-6,13-15,18H,7-8H2,(H,19,20);1H. The molecule has 2 N–H and O–H groups in total. The molecule has 0 aromatic heterocycles. The molecule has 0 spiro atoms. The van der Waals surface area contributed by atoms with Crippen molar-refractivity contribution in [3.63, 3.8) is 0 Å². The lowest BCUT2D eigenvalue weighted by atomic mass is 10.1. The van der Waals surface area contributed by atoms with Gasteiger partial charge in [0.25, 0.3) is 5.91 Å². The number of carbonyl (C=O) groups is 1. The topological polar surface area (TPSA) is 41.1 Å². The van der Waals surface area contributed by atoms with E-state index >= 15 is 0 Å². The summed E-state index contributed by atoms with van der Waals surface area (Å²) in [6.45, 7) is 2.09. The lowest BCUT2D eigenvalue weighted by Crippen LogP contribution is -2.32. The van der Waals surface area contributed by atoms with E-state index in [1.54, 1.807) is 0 Å². The maximum absolute atomic E-state index is 12.3. The zero-order valence-corrected chi connectivity index (χ0v) is 13.7. The molecule has 1 aliphatic heterocycles. The van der Waals surface area contributed by atoms with Crippen LogP contribution in [0.25, 0.3) is 10.8 Å². The summed E-state index contributed by atoms with van der Waals surface area (Å²) in [6.07, 6.45) is 0. The van der Waals surface area contributed by atoms with E-state index < -0.39 is 0 Å². The predicted octanol–water partition coefficient (Wildman–Crippen LogP) is 2.97. The highest BCUT2D eigenvalue weighted by Gasteiger charge is 2.53. The minimum Gasteiger partial charge on any atom is -0.349 e. The molecule has 2 aromatic carbocycles. The largest absolute Gasteiger partial charge is 0.349 e. The summed E-state index contributed by atoms with van der Waals surface area (Å²) in [5.41, 5.74) is 0.748. The molecular weight excluding hydrogens is 352 g/mol. The summed E-state index contributed by atoms with van der Waals surface area (Å²) in [5, 5.41) is 8.74. The number of nitrogens with one attached hydrogen (secondary N) is 2. The zero-order chi connectivity index (χ0) is 13.7. The van der Waals surface area contributed by atoms with Crippen LogP contribution in [0.5, 0.6) is 0 Å². The summed E-state index contributed by atoms with van der Waals surface area (Å²) in [4.78, 5) is 12.3. The third kappa shape index (κ3) is 2.68. The third-order valence-electron chi connectivity index (χ3n) is 4.45. The van der Waals surface area contributed by atoms with Crippen molar-refractivity contribution in [1.29, 1.82) is 0 Å². The van der Waals surface area contributed by atoms with Gasteiger partial charge in [-0.3, -0.25) is 4.79 Å². The fourth-order valence-electron chi connectivity index (χ4n) is 3.22. The maximum Gasteiger partial charge on any atom is 0.251 e. The summed E-state index contributed by atoms with van der Waals surface area (Å²) in [7, 11) is 0. The number of fused-ring (bicyclic) bond motifs is 2. The van der Waals surface area contributed by atoms with Crippen LogP contribution in [-0.2, 0) is 0 Å². The molecule has 2 aromatic rings. The fraction of sp³-hybridized carbons (Fsp3) is 0.312. The van der Waals surface area contributed by atoms with Crippen LogP contribution in [0.1, 0.15) is 10.4 Å². The van der Waals surface area contributed by atoms with Gasteiger partial charge in [0, 0.05) is 29.2 Å². The predicted molar refractivity (Wildman–Crippen MR) is 90.0 cm³/mol. The molecule has 1 saturated heterocycles. The monoisotopic (exact) mass is 366 g/mol. The Kier molecular flexibility index (Phi) is 3.95. The summed E-state index contributed by atoms with van der Waals surface area (Å²) in [5.74, 6) is 1.35. The van der Waals surface area contributed by atoms with Crippen LogP contribution in [-0.4, -0.2) is 25.0 Å². The molecule has 2 unspecified atom stereocenters. The minimum atomic E-state index is 0. The first-order valence-corrected chi connectivity index (χ1v) is 7.72. The number of benzene rings is 2. The number of amides is 1. The van der Waals surface area contributed by atoms with Crippen LogP contribution in [0.3, 0.4) is 0 Å². The van der Waals surface area contributed by atoms with Gasteiger partial charge in [-0.05, 0) is 46.9 Å². The van der Waals surface area contributed by atoms with Gasteiger partial charge in [-0.25, -0.2) is 0 Å². The average Bonchev–Trinajstić information content (AvgIpc) is 2.87.